The number of ether oxygens (including phenoxy) is 1. The summed E-state index contributed by atoms with van der Waals surface area (Å²) in [5.41, 5.74) is 0.585. The highest BCUT2D eigenvalue weighted by Crippen LogP contribution is 2.29. The summed E-state index contributed by atoms with van der Waals surface area (Å²) in [4.78, 5) is 12.3. The highest BCUT2D eigenvalue weighted by molar-refractivity contribution is 6.17. The second-order valence-corrected chi connectivity index (χ2v) is 4.50. The number of carbonyl (C=O) groups excluding carboxylic acids is 1. The Bertz CT molecular complexity index is 425. The van der Waals surface area contributed by atoms with Crippen molar-refractivity contribution in [3.05, 3.63) is 35.9 Å². The molecule has 1 unspecified atom stereocenters. The maximum atomic E-state index is 13.0. The fraction of sp³-hybridized carbons (Fsp3) is 0.462. The molecule has 1 rings (SSSR count). The van der Waals surface area contributed by atoms with Gasteiger partial charge in [-0.1, -0.05) is 30.3 Å². The zero-order valence-electron chi connectivity index (χ0n) is 10.9. The first kappa shape index (κ1) is 16.6. The molecule has 0 heterocycles. The molecule has 1 aromatic rings. The molecular weight excluding hydrogens is 295 g/mol. The van der Waals surface area contributed by atoms with Gasteiger partial charge in [-0.15, -0.1) is 11.6 Å². The highest BCUT2D eigenvalue weighted by Gasteiger charge is 2.45. The molecule has 0 bridgehead atoms. The zero-order chi connectivity index (χ0) is 15.2. The van der Waals surface area contributed by atoms with Gasteiger partial charge in [-0.05, 0) is 12.0 Å². The molecule has 20 heavy (non-hydrogen) atoms. The molecule has 0 saturated heterocycles. The fourth-order valence-corrected chi connectivity index (χ4v) is 2.01. The topological polar surface area (TPSA) is 29.5 Å². The van der Waals surface area contributed by atoms with E-state index in [0.29, 0.717) is 10.5 Å². The maximum absolute atomic E-state index is 13.0. The summed E-state index contributed by atoms with van der Waals surface area (Å²) in [7, 11) is 1.05. The van der Waals surface area contributed by atoms with Gasteiger partial charge in [0.2, 0.25) is 0 Å². The lowest BCUT2D eigenvalue weighted by Gasteiger charge is -2.31. The molecule has 0 spiro atoms. The SMILES string of the molecule is COC(=O)N(Cc1ccccc1)C(CCCl)C(F)(F)F. The van der Waals surface area contributed by atoms with E-state index < -0.39 is 18.3 Å². The summed E-state index contributed by atoms with van der Waals surface area (Å²) in [6.07, 6.45) is -5.97. The minimum atomic E-state index is -4.56. The monoisotopic (exact) mass is 309 g/mol. The van der Waals surface area contributed by atoms with Crippen molar-refractivity contribution in [1.29, 1.82) is 0 Å². The zero-order valence-corrected chi connectivity index (χ0v) is 11.6. The van der Waals surface area contributed by atoms with E-state index in [1.54, 1.807) is 30.3 Å². The number of carbonyl (C=O) groups is 1. The minimum Gasteiger partial charge on any atom is -0.453 e. The van der Waals surface area contributed by atoms with E-state index in [4.69, 9.17) is 11.6 Å². The van der Waals surface area contributed by atoms with Gasteiger partial charge in [0.25, 0.3) is 0 Å². The van der Waals surface area contributed by atoms with E-state index in [0.717, 1.165) is 7.11 Å². The van der Waals surface area contributed by atoms with Crippen LogP contribution in [0.2, 0.25) is 0 Å². The van der Waals surface area contributed by atoms with Crippen LogP contribution in [0.1, 0.15) is 12.0 Å². The first-order valence-electron chi connectivity index (χ1n) is 5.91. The van der Waals surface area contributed by atoms with Gasteiger partial charge in [0, 0.05) is 12.4 Å². The Balaban J connectivity index is 3.00. The standard InChI is InChI=1S/C13H15ClF3NO2/c1-20-12(19)18(9-10-5-3-2-4-6-10)11(7-8-14)13(15,16)17/h2-6,11H,7-9H2,1H3. The number of amides is 1. The van der Waals surface area contributed by atoms with Gasteiger partial charge in [-0.25, -0.2) is 4.79 Å². The van der Waals surface area contributed by atoms with Crippen molar-refractivity contribution in [3.63, 3.8) is 0 Å². The Morgan fingerprint density at radius 2 is 1.95 bits per heavy atom. The normalized spacial score (nSPS) is 12.8. The molecule has 112 valence electrons. The Kier molecular flexibility index (Phi) is 6.13. The molecule has 0 aliphatic heterocycles. The molecule has 1 aromatic carbocycles. The smallest absolute Gasteiger partial charge is 0.410 e. The summed E-state index contributed by atoms with van der Waals surface area (Å²) >= 11 is 5.42. The van der Waals surface area contributed by atoms with Crippen LogP contribution < -0.4 is 0 Å². The van der Waals surface area contributed by atoms with E-state index in [9.17, 15) is 18.0 Å². The molecule has 1 atom stereocenters. The van der Waals surface area contributed by atoms with E-state index in [-0.39, 0.29) is 18.8 Å². The number of methoxy groups -OCH3 is 1. The van der Waals surface area contributed by atoms with Gasteiger partial charge in [0.1, 0.15) is 6.04 Å². The molecule has 0 N–H and O–H groups in total. The average molecular weight is 310 g/mol. The number of alkyl halides is 4. The number of benzene rings is 1. The van der Waals surface area contributed by atoms with Gasteiger partial charge in [-0.3, -0.25) is 4.90 Å². The van der Waals surface area contributed by atoms with Gasteiger partial charge in [-0.2, -0.15) is 13.2 Å². The first-order valence-corrected chi connectivity index (χ1v) is 6.44. The Morgan fingerprint density at radius 3 is 2.40 bits per heavy atom. The molecule has 3 nitrogen and oxygen atoms in total. The molecule has 0 aromatic heterocycles. The third kappa shape index (κ3) is 4.59. The second kappa shape index (κ2) is 7.38. The number of rotatable bonds is 5. The average Bonchev–Trinajstić information content (AvgIpc) is 2.41. The van der Waals surface area contributed by atoms with Gasteiger partial charge >= 0.3 is 12.3 Å². The van der Waals surface area contributed by atoms with Crippen LogP contribution in [-0.4, -0.2) is 36.2 Å². The molecular formula is C13H15ClF3NO2. The van der Waals surface area contributed by atoms with E-state index in [2.05, 4.69) is 4.74 Å². The molecule has 0 radical (unpaired) electrons. The third-order valence-corrected chi connectivity index (χ3v) is 2.96. The second-order valence-electron chi connectivity index (χ2n) is 4.12. The van der Waals surface area contributed by atoms with Gasteiger partial charge in [0.05, 0.1) is 7.11 Å². The van der Waals surface area contributed by atoms with Crippen LogP contribution >= 0.6 is 11.6 Å². The van der Waals surface area contributed by atoms with Crippen molar-refractivity contribution < 1.29 is 22.7 Å². The van der Waals surface area contributed by atoms with Crippen LogP contribution in [0.25, 0.3) is 0 Å². The van der Waals surface area contributed by atoms with Crippen LogP contribution in [0.15, 0.2) is 30.3 Å². The molecule has 7 heteroatoms. The Labute approximate surface area is 120 Å². The van der Waals surface area contributed by atoms with Crippen molar-refractivity contribution >= 4 is 17.7 Å². The number of nitrogens with zero attached hydrogens (tertiary/aromatic N) is 1. The van der Waals surface area contributed by atoms with Crippen LogP contribution in [0, 0.1) is 0 Å². The van der Waals surface area contributed by atoms with Crippen molar-refractivity contribution in [2.45, 2.75) is 25.2 Å². The number of halogens is 4. The van der Waals surface area contributed by atoms with Gasteiger partial charge in [0.15, 0.2) is 0 Å². The summed E-state index contributed by atoms with van der Waals surface area (Å²) in [6.45, 7) is -0.186. The fourth-order valence-electron chi connectivity index (χ4n) is 1.80. The van der Waals surface area contributed by atoms with E-state index in [1.807, 2.05) is 0 Å². The van der Waals surface area contributed by atoms with Crippen molar-refractivity contribution in [2.24, 2.45) is 0 Å². The molecule has 0 aliphatic carbocycles. The number of hydrogen-bond donors (Lipinski definition) is 0. The first-order chi connectivity index (χ1) is 9.40. The summed E-state index contributed by atoms with van der Waals surface area (Å²) in [6, 6.07) is 6.44. The summed E-state index contributed by atoms with van der Waals surface area (Å²) in [5.74, 6) is -0.202. The van der Waals surface area contributed by atoms with E-state index >= 15 is 0 Å². The maximum Gasteiger partial charge on any atom is 0.410 e. The molecule has 0 aliphatic rings. The van der Waals surface area contributed by atoms with Crippen LogP contribution in [0.3, 0.4) is 0 Å². The quantitative estimate of drug-likeness (QED) is 0.774. The Hall–Kier alpha value is -1.43. The van der Waals surface area contributed by atoms with Crippen LogP contribution in [0.4, 0.5) is 18.0 Å². The van der Waals surface area contributed by atoms with Gasteiger partial charge < -0.3 is 4.74 Å². The molecule has 1 amide bonds. The highest BCUT2D eigenvalue weighted by atomic mass is 35.5. The lowest BCUT2D eigenvalue weighted by molar-refractivity contribution is -0.180. The van der Waals surface area contributed by atoms with Crippen LogP contribution in [0.5, 0.6) is 0 Å². The van der Waals surface area contributed by atoms with E-state index in [1.165, 1.54) is 0 Å². The van der Waals surface area contributed by atoms with Crippen molar-refractivity contribution in [3.8, 4) is 0 Å². The largest absolute Gasteiger partial charge is 0.453 e. The summed E-state index contributed by atoms with van der Waals surface area (Å²) in [5, 5.41) is 0. The van der Waals surface area contributed by atoms with Crippen LogP contribution in [-0.2, 0) is 11.3 Å². The molecule has 0 saturated carbocycles. The van der Waals surface area contributed by atoms with Crippen molar-refractivity contribution in [2.75, 3.05) is 13.0 Å². The van der Waals surface area contributed by atoms with Crippen molar-refractivity contribution in [1.82, 2.24) is 4.90 Å². The Morgan fingerprint density at radius 1 is 1.35 bits per heavy atom. The molecule has 0 fully saturated rings. The predicted octanol–water partition coefficient (Wildman–Crippen LogP) is 3.81. The summed E-state index contributed by atoms with van der Waals surface area (Å²) < 4.78 is 43.6. The lowest BCUT2D eigenvalue weighted by atomic mass is 10.1. The predicted molar refractivity (Wildman–Crippen MR) is 69.6 cm³/mol. The number of hydrogen-bond acceptors (Lipinski definition) is 2. The lowest BCUT2D eigenvalue weighted by Crippen LogP contribution is -2.48. The third-order valence-electron chi connectivity index (χ3n) is 2.74. The minimum absolute atomic E-state index is 0.186.